The predicted octanol–water partition coefficient (Wildman–Crippen LogP) is 0.772. The zero-order valence-electron chi connectivity index (χ0n) is 10.5. The third kappa shape index (κ3) is 107. The number of aliphatic hydroxyl groups is 4. The SMILES string of the molecule is CCCCO.CCCCO.CO.CO.[Zr]. The van der Waals surface area contributed by atoms with Gasteiger partial charge in [-0.15, -0.1) is 0 Å². The summed E-state index contributed by atoms with van der Waals surface area (Å²) >= 11 is 0. The zero-order chi connectivity index (χ0) is 12.2. The standard InChI is InChI=1S/2C4H10O.2CH4O.Zr/c2*1-2-3-4-5;2*1-2;/h2*5H,2-4H2,1H3;2*2H,1H3;. The summed E-state index contributed by atoms with van der Waals surface area (Å²) in [6.07, 6.45) is 4.08. The molecule has 0 saturated carbocycles. The van der Waals surface area contributed by atoms with E-state index in [4.69, 9.17) is 20.4 Å². The van der Waals surface area contributed by atoms with E-state index in [0.29, 0.717) is 13.2 Å². The molecule has 5 heteroatoms. The summed E-state index contributed by atoms with van der Waals surface area (Å²) in [5.74, 6) is 0. The Labute approximate surface area is 113 Å². The molecule has 0 aliphatic carbocycles. The molecule has 15 heavy (non-hydrogen) atoms. The molecule has 0 saturated heterocycles. The molecule has 4 N–H and O–H groups in total. The maximum absolute atomic E-state index is 8.07. The molecule has 0 unspecified atom stereocenters. The van der Waals surface area contributed by atoms with Crippen LogP contribution in [0.5, 0.6) is 0 Å². The molecule has 0 heterocycles. The Balaban J connectivity index is -0.0000000318. The van der Waals surface area contributed by atoms with Crippen LogP contribution in [-0.2, 0) is 26.2 Å². The first-order valence-electron chi connectivity index (χ1n) is 4.94. The second-order valence-corrected chi connectivity index (χ2v) is 2.15. The number of unbranched alkanes of at least 4 members (excludes halogenated alkanes) is 2. The Kier molecular flexibility index (Phi) is 121. The largest absolute Gasteiger partial charge is 0.400 e. The van der Waals surface area contributed by atoms with Crippen LogP contribution in [0, 0.1) is 0 Å². The topological polar surface area (TPSA) is 80.9 Å². The van der Waals surface area contributed by atoms with Crippen LogP contribution >= 0.6 is 0 Å². The molecule has 0 aromatic heterocycles. The van der Waals surface area contributed by atoms with Gasteiger partial charge in [0, 0.05) is 53.6 Å². The van der Waals surface area contributed by atoms with Crippen LogP contribution in [0.4, 0.5) is 0 Å². The maximum Gasteiger partial charge on any atom is 0.0430 e. The second-order valence-electron chi connectivity index (χ2n) is 2.15. The Hall–Kier alpha value is 0.723. The molecule has 0 bridgehead atoms. The number of hydrogen-bond donors (Lipinski definition) is 4. The van der Waals surface area contributed by atoms with Crippen LogP contribution in [0.1, 0.15) is 39.5 Å². The van der Waals surface area contributed by atoms with E-state index >= 15 is 0 Å². The maximum atomic E-state index is 8.07. The molecule has 0 aromatic carbocycles. The quantitative estimate of drug-likeness (QED) is 0.618. The van der Waals surface area contributed by atoms with Crippen molar-refractivity contribution in [2.75, 3.05) is 27.4 Å². The summed E-state index contributed by atoms with van der Waals surface area (Å²) in [6, 6.07) is 0. The van der Waals surface area contributed by atoms with Crippen molar-refractivity contribution in [1.82, 2.24) is 0 Å². The molecule has 0 radical (unpaired) electrons. The molecule has 0 atom stereocenters. The summed E-state index contributed by atoms with van der Waals surface area (Å²) in [6.45, 7) is 4.79. The third-order valence-electron chi connectivity index (χ3n) is 1.02. The van der Waals surface area contributed by atoms with Gasteiger partial charge in [-0.3, -0.25) is 0 Å². The number of rotatable bonds is 4. The minimum absolute atomic E-state index is 0. The summed E-state index contributed by atoms with van der Waals surface area (Å²) in [4.78, 5) is 0. The van der Waals surface area contributed by atoms with E-state index in [2.05, 4.69) is 13.8 Å². The fourth-order valence-corrected chi connectivity index (χ4v) is 0.316. The minimum atomic E-state index is 0. The first-order valence-corrected chi connectivity index (χ1v) is 4.94. The van der Waals surface area contributed by atoms with Crippen LogP contribution in [0.15, 0.2) is 0 Å². The normalized spacial score (nSPS) is 6.40. The molecule has 96 valence electrons. The van der Waals surface area contributed by atoms with Crippen molar-refractivity contribution in [3.63, 3.8) is 0 Å². The van der Waals surface area contributed by atoms with Gasteiger partial charge in [-0.1, -0.05) is 26.7 Å². The van der Waals surface area contributed by atoms with E-state index in [1.54, 1.807) is 0 Å². The van der Waals surface area contributed by atoms with Gasteiger partial charge in [0.15, 0.2) is 0 Å². The molecule has 0 aliphatic heterocycles. The van der Waals surface area contributed by atoms with Crippen LogP contribution in [0.25, 0.3) is 0 Å². The molecule has 0 aromatic rings. The Bertz CT molecular complexity index is 38.4. The molecule has 0 aliphatic rings. The molecular weight excluding hydrogens is 275 g/mol. The van der Waals surface area contributed by atoms with E-state index in [1.165, 1.54) is 0 Å². The Morgan fingerprint density at radius 1 is 0.667 bits per heavy atom. The van der Waals surface area contributed by atoms with E-state index in [-0.39, 0.29) is 26.2 Å². The van der Waals surface area contributed by atoms with Crippen molar-refractivity contribution in [3.8, 4) is 0 Å². The summed E-state index contributed by atoms with van der Waals surface area (Å²) in [5.41, 5.74) is 0. The molecule has 0 rings (SSSR count). The number of hydrogen-bond acceptors (Lipinski definition) is 4. The average Bonchev–Trinajstić information content (AvgIpc) is 2.27. The van der Waals surface area contributed by atoms with Crippen molar-refractivity contribution < 1.29 is 46.6 Å². The van der Waals surface area contributed by atoms with E-state index in [9.17, 15) is 0 Å². The van der Waals surface area contributed by atoms with Gasteiger partial charge in [0.25, 0.3) is 0 Å². The van der Waals surface area contributed by atoms with Gasteiger partial charge in [0.1, 0.15) is 0 Å². The van der Waals surface area contributed by atoms with Crippen LogP contribution < -0.4 is 0 Å². The molecule has 0 spiro atoms. The first-order chi connectivity index (χ1) is 6.83. The summed E-state index contributed by atoms with van der Waals surface area (Å²) in [5, 5.41) is 30.1. The monoisotopic (exact) mass is 302 g/mol. The molecular formula is C10H28O4Zr. The van der Waals surface area contributed by atoms with E-state index in [1.807, 2.05) is 0 Å². The third-order valence-corrected chi connectivity index (χ3v) is 1.02. The van der Waals surface area contributed by atoms with Crippen molar-refractivity contribution in [3.05, 3.63) is 0 Å². The van der Waals surface area contributed by atoms with Gasteiger partial charge in [-0.25, -0.2) is 0 Å². The summed E-state index contributed by atoms with van der Waals surface area (Å²) < 4.78 is 0. The Morgan fingerprint density at radius 3 is 0.867 bits per heavy atom. The van der Waals surface area contributed by atoms with Crippen molar-refractivity contribution in [2.45, 2.75) is 39.5 Å². The van der Waals surface area contributed by atoms with Crippen LogP contribution in [-0.4, -0.2) is 47.9 Å². The molecule has 0 fully saturated rings. The number of aliphatic hydroxyl groups excluding tert-OH is 4. The van der Waals surface area contributed by atoms with Crippen molar-refractivity contribution >= 4 is 0 Å². The van der Waals surface area contributed by atoms with Gasteiger partial charge in [0.05, 0.1) is 0 Å². The average molecular weight is 304 g/mol. The fraction of sp³-hybridized carbons (Fsp3) is 1.00. The van der Waals surface area contributed by atoms with Gasteiger partial charge >= 0.3 is 0 Å². The van der Waals surface area contributed by atoms with E-state index in [0.717, 1.165) is 39.9 Å². The smallest absolute Gasteiger partial charge is 0.0430 e. The van der Waals surface area contributed by atoms with Gasteiger partial charge in [-0.2, -0.15) is 0 Å². The van der Waals surface area contributed by atoms with Gasteiger partial charge in [-0.05, 0) is 12.8 Å². The predicted molar refractivity (Wildman–Crippen MR) is 60.3 cm³/mol. The second kappa shape index (κ2) is 61.3. The van der Waals surface area contributed by atoms with Gasteiger partial charge < -0.3 is 20.4 Å². The van der Waals surface area contributed by atoms with Crippen molar-refractivity contribution in [2.24, 2.45) is 0 Å². The zero-order valence-corrected chi connectivity index (χ0v) is 13.0. The summed E-state index contributed by atoms with van der Waals surface area (Å²) in [7, 11) is 2.00. The van der Waals surface area contributed by atoms with E-state index < -0.39 is 0 Å². The van der Waals surface area contributed by atoms with Gasteiger partial charge in [0.2, 0.25) is 0 Å². The van der Waals surface area contributed by atoms with Crippen LogP contribution in [0.3, 0.4) is 0 Å². The van der Waals surface area contributed by atoms with Crippen molar-refractivity contribution in [1.29, 1.82) is 0 Å². The molecule has 0 amide bonds. The van der Waals surface area contributed by atoms with Crippen LogP contribution in [0.2, 0.25) is 0 Å². The molecule has 4 nitrogen and oxygen atoms in total. The Morgan fingerprint density at radius 2 is 0.867 bits per heavy atom. The minimum Gasteiger partial charge on any atom is -0.400 e. The first kappa shape index (κ1) is 29.6. The fourth-order valence-electron chi connectivity index (χ4n) is 0.316.